The average molecular weight is 334 g/mol. The van der Waals surface area contributed by atoms with E-state index in [0.717, 1.165) is 29.2 Å². The zero-order chi connectivity index (χ0) is 16.7. The van der Waals surface area contributed by atoms with E-state index in [1.807, 2.05) is 18.2 Å². The summed E-state index contributed by atoms with van der Waals surface area (Å²) in [6.45, 7) is 2.70. The molecule has 3 N–H and O–H groups in total. The molecule has 2 aromatic rings. The average Bonchev–Trinajstić information content (AvgIpc) is 3.02. The minimum Gasteiger partial charge on any atom is -0.493 e. The molecule has 0 radical (unpaired) electrons. The highest BCUT2D eigenvalue weighted by Crippen LogP contribution is 2.29. The quantitative estimate of drug-likeness (QED) is 0.601. The number of anilines is 1. The van der Waals surface area contributed by atoms with Crippen molar-refractivity contribution in [3.8, 4) is 11.5 Å². The fourth-order valence-electron chi connectivity index (χ4n) is 2.02. The van der Waals surface area contributed by atoms with Crippen molar-refractivity contribution in [3.05, 3.63) is 34.3 Å². The Kier molecular flexibility index (Phi) is 6.22. The van der Waals surface area contributed by atoms with E-state index in [9.17, 15) is 0 Å². The number of thiazole rings is 1. The molecule has 0 atom stereocenters. The van der Waals surface area contributed by atoms with Crippen LogP contribution in [-0.4, -0.2) is 31.7 Å². The fourth-order valence-corrected chi connectivity index (χ4v) is 2.80. The van der Waals surface area contributed by atoms with Gasteiger partial charge in [-0.2, -0.15) is 0 Å². The first-order valence-electron chi connectivity index (χ1n) is 7.38. The molecule has 1 heterocycles. The van der Waals surface area contributed by atoms with E-state index in [2.05, 4.69) is 27.6 Å². The number of aliphatic imine (C=N–C) groups is 1. The Labute approximate surface area is 140 Å². The van der Waals surface area contributed by atoms with Crippen LogP contribution >= 0.6 is 11.3 Å². The topological polar surface area (TPSA) is 81.8 Å². The van der Waals surface area contributed by atoms with Gasteiger partial charge < -0.3 is 20.5 Å². The molecule has 0 aliphatic carbocycles. The second-order valence-corrected chi connectivity index (χ2v) is 5.74. The highest BCUT2D eigenvalue weighted by Gasteiger charge is 2.05. The van der Waals surface area contributed by atoms with Crippen LogP contribution in [0.2, 0.25) is 0 Å². The predicted molar refractivity (Wildman–Crippen MR) is 94.9 cm³/mol. The number of aryl methyl sites for hydroxylation is 1. The van der Waals surface area contributed by atoms with Crippen LogP contribution in [0.25, 0.3) is 0 Å². The first kappa shape index (κ1) is 17.1. The Balaban J connectivity index is 1.91. The fraction of sp³-hybridized carbons (Fsp3) is 0.375. The standard InChI is InChI=1S/C16H22N4O2S/c1-4-15-19-12(10-23-15)7-8-18-16(17)20-11-5-6-13(21-2)14(9-11)22-3/h5-6,9-10H,4,7-8H2,1-3H3,(H3,17,18,20). The number of aromatic nitrogens is 1. The smallest absolute Gasteiger partial charge is 0.193 e. The highest BCUT2D eigenvalue weighted by atomic mass is 32.1. The number of hydrogen-bond donors (Lipinski definition) is 2. The van der Waals surface area contributed by atoms with Crippen molar-refractivity contribution in [2.24, 2.45) is 10.7 Å². The molecule has 0 bridgehead atoms. The van der Waals surface area contributed by atoms with Crippen molar-refractivity contribution in [1.82, 2.24) is 4.98 Å². The Bertz CT molecular complexity index is 670. The normalized spacial score (nSPS) is 11.3. The molecule has 1 aromatic carbocycles. The Hall–Kier alpha value is -2.28. The molecule has 0 saturated carbocycles. The van der Waals surface area contributed by atoms with E-state index in [0.29, 0.717) is 24.0 Å². The van der Waals surface area contributed by atoms with Crippen molar-refractivity contribution < 1.29 is 9.47 Å². The number of hydrogen-bond acceptors (Lipinski definition) is 5. The monoisotopic (exact) mass is 334 g/mol. The number of benzene rings is 1. The van der Waals surface area contributed by atoms with Crippen LogP contribution in [0.5, 0.6) is 11.5 Å². The van der Waals surface area contributed by atoms with Crippen LogP contribution in [0.3, 0.4) is 0 Å². The number of rotatable bonds is 7. The van der Waals surface area contributed by atoms with E-state index in [1.54, 1.807) is 25.6 Å². The first-order chi connectivity index (χ1) is 11.2. The van der Waals surface area contributed by atoms with Gasteiger partial charge in [-0.1, -0.05) is 6.92 Å². The van der Waals surface area contributed by atoms with Crippen LogP contribution in [0.4, 0.5) is 5.69 Å². The number of ether oxygens (including phenoxy) is 2. The summed E-state index contributed by atoms with van der Waals surface area (Å²) in [4.78, 5) is 8.83. The summed E-state index contributed by atoms with van der Waals surface area (Å²) >= 11 is 1.69. The summed E-state index contributed by atoms with van der Waals surface area (Å²) in [7, 11) is 3.20. The molecule has 6 nitrogen and oxygen atoms in total. The van der Waals surface area contributed by atoms with Gasteiger partial charge in [0.2, 0.25) is 0 Å². The van der Waals surface area contributed by atoms with Gasteiger partial charge in [0, 0.05) is 30.1 Å². The maximum absolute atomic E-state index is 5.91. The first-order valence-corrected chi connectivity index (χ1v) is 8.26. The Morgan fingerprint density at radius 2 is 2.09 bits per heavy atom. The third-order valence-corrected chi connectivity index (χ3v) is 4.25. The van der Waals surface area contributed by atoms with Gasteiger partial charge in [0.05, 0.1) is 24.9 Å². The minimum atomic E-state index is 0.364. The summed E-state index contributed by atoms with van der Waals surface area (Å²) in [5.74, 6) is 1.67. The molecule has 0 aliphatic rings. The lowest BCUT2D eigenvalue weighted by atomic mass is 10.3. The van der Waals surface area contributed by atoms with Gasteiger partial charge in [0.25, 0.3) is 0 Å². The predicted octanol–water partition coefficient (Wildman–Crippen LogP) is 2.69. The molecular formula is C16H22N4O2S. The molecule has 2 rings (SSSR count). The molecule has 0 spiro atoms. The number of guanidine groups is 1. The lowest BCUT2D eigenvalue weighted by Crippen LogP contribution is -2.23. The van der Waals surface area contributed by atoms with E-state index in [1.165, 1.54) is 0 Å². The number of nitrogens with one attached hydrogen (secondary N) is 1. The molecule has 7 heteroatoms. The zero-order valence-corrected chi connectivity index (χ0v) is 14.4. The van der Waals surface area contributed by atoms with E-state index < -0.39 is 0 Å². The summed E-state index contributed by atoms with van der Waals surface area (Å²) in [6, 6.07) is 5.49. The van der Waals surface area contributed by atoms with Gasteiger partial charge in [-0.25, -0.2) is 4.98 Å². The van der Waals surface area contributed by atoms with Gasteiger partial charge in [-0.15, -0.1) is 11.3 Å². The van der Waals surface area contributed by atoms with Crippen molar-refractivity contribution >= 4 is 23.0 Å². The third-order valence-electron chi connectivity index (χ3n) is 3.21. The molecule has 0 unspecified atom stereocenters. The Morgan fingerprint density at radius 3 is 2.74 bits per heavy atom. The maximum atomic E-state index is 5.91. The second kappa shape index (κ2) is 8.38. The minimum absolute atomic E-state index is 0.364. The molecule has 1 aromatic heterocycles. The van der Waals surface area contributed by atoms with Crippen LogP contribution < -0.4 is 20.5 Å². The number of nitrogens with zero attached hydrogens (tertiary/aromatic N) is 2. The summed E-state index contributed by atoms with van der Waals surface area (Å²) in [6.07, 6.45) is 1.75. The molecule has 23 heavy (non-hydrogen) atoms. The molecule has 0 saturated heterocycles. The third kappa shape index (κ3) is 4.85. The second-order valence-electron chi connectivity index (χ2n) is 4.80. The van der Waals surface area contributed by atoms with Gasteiger partial charge >= 0.3 is 0 Å². The lowest BCUT2D eigenvalue weighted by molar-refractivity contribution is 0.355. The van der Waals surface area contributed by atoms with Crippen LogP contribution in [0, 0.1) is 0 Å². The van der Waals surface area contributed by atoms with Gasteiger partial charge in [-0.05, 0) is 18.6 Å². The summed E-state index contributed by atoms with van der Waals surface area (Å²) in [5.41, 5.74) is 7.77. The summed E-state index contributed by atoms with van der Waals surface area (Å²) < 4.78 is 10.5. The van der Waals surface area contributed by atoms with Crippen molar-refractivity contribution in [2.45, 2.75) is 19.8 Å². The lowest BCUT2D eigenvalue weighted by Gasteiger charge is -2.10. The summed E-state index contributed by atoms with van der Waals surface area (Å²) in [5, 5.41) is 6.27. The van der Waals surface area contributed by atoms with Gasteiger partial charge in [-0.3, -0.25) is 4.99 Å². The molecular weight excluding hydrogens is 312 g/mol. The van der Waals surface area contributed by atoms with E-state index in [4.69, 9.17) is 15.2 Å². The van der Waals surface area contributed by atoms with Crippen molar-refractivity contribution in [1.29, 1.82) is 0 Å². The van der Waals surface area contributed by atoms with Gasteiger partial charge in [0.15, 0.2) is 17.5 Å². The van der Waals surface area contributed by atoms with Crippen LogP contribution in [-0.2, 0) is 12.8 Å². The van der Waals surface area contributed by atoms with Crippen molar-refractivity contribution in [2.75, 3.05) is 26.1 Å². The zero-order valence-electron chi connectivity index (χ0n) is 13.6. The van der Waals surface area contributed by atoms with Gasteiger partial charge in [0.1, 0.15) is 0 Å². The Morgan fingerprint density at radius 1 is 1.30 bits per heavy atom. The van der Waals surface area contributed by atoms with Crippen molar-refractivity contribution in [3.63, 3.8) is 0 Å². The van der Waals surface area contributed by atoms with E-state index in [-0.39, 0.29) is 0 Å². The molecule has 0 aliphatic heterocycles. The molecule has 0 amide bonds. The number of methoxy groups -OCH3 is 2. The van der Waals surface area contributed by atoms with E-state index >= 15 is 0 Å². The highest BCUT2D eigenvalue weighted by molar-refractivity contribution is 7.09. The largest absolute Gasteiger partial charge is 0.493 e. The van der Waals surface area contributed by atoms with Crippen LogP contribution in [0.1, 0.15) is 17.6 Å². The van der Waals surface area contributed by atoms with Crippen LogP contribution in [0.15, 0.2) is 28.6 Å². The number of nitrogens with two attached hydrogens (primary N) is 1. The SMILES string of the molecule is CCc1nc(CCN=C(N)Nc2ccc(OC)c(OC)c2)cs1. The molecule has 124 valence electrons. The molecule has 0 fully saturated rings. The maximum Gasteiger partial charge on any atom is 0.193 e.